The molecule has 104 valence electrons. The van der Waals surface area contributed by atoms with Crippen molar-refractivity contribution in [3.63, 3.8) is 0 Å². The summed E-state index contributed by atoms with van der Waals surface area (Å²) < 4.78 is 13.2. The highest BCUT2D eigenvalue weighted by Crippen LogP contribution is 2.36. The Morgan fingerprint density at radius 2 is 2.05 bits per heavy atom. The molecule has 1 aliphatic rings. The number of carboxylic acids is 1. The molecule has 0 atom stereocenters. The van der Waals surface area contributed by atoms with Crippen LogP contribution in [0.15, 0.2) is 18.2 Å². The quantitative estimate of drug-likeness (QED) is 0.908. The number of anilines is 1. The van der Waals surface area contributed by atoms with E-state index in [0.717, 1.165) is 38.4 Å². The Hall–Kier alpha value is -1.58. The molecule has 4 heteroatoms. The summed E-state index contributed by atoms with van der Waals surface area (Å²) in [5.41, 5.74) is 1.03. The van der Waals surface area contributed by atoms with E-state index in [4.69, 9.17) is 0 Å². The number of aromatic carboxylic acids is 1. The van der Waals surface area contributed by atoms with E-state index in [2.05, 4.69) is 18.7 Å². The molecule has 2 rings (SSSR count). The summed E-state index contributed by atoms with van der Waals surface area (Å²) in [5.74, 6) is -1.57. The predicted octanol–water partition coefficient (Wildman–Crippen LogP) is 3.54. The van der Waals surface area contributed by atoms with Gasteiger partial charge in [0.25, 0.3) is 0 Å². The van der Waals surface area contributed by atoms with E-state index in [0.29, 0.717) is 11.1 Å². The van der Waals surface area contributed by atoms with Crippen molar-refractivity contribution in [1.82, 2.24) is 0 Å². The van der Waals surface area contributed by atoms with Gasteiger partial charge in [0.05, 0.1) is 11.3 Å². The normalized spacial score (nSPS) is 18.4. The molecule has 1 saturated heterocycles. The van der Waals surface area contributed by atoms with Crippen LogP contribution in [0.1, 0.15) is 43.5 Å². The molecular weight excluding hydrogens is 245 g/mol. The van der Waals surface area contributed by atoms with E-state index < -0.39 is 11.8 Å². The Balaban J connectivity index is 2.22. The van der Waals surface area contributed by atoms with Crippen molar-refractivity contribution in [3.8, 4) is 0 Å². The van der Waals surface area contributed by atoms with Gasteiger partial charge in [-0.15, -0.1) is 0 Å². The van der Waals surface area contributed by atoms with Crippen LogP contribution in [0.25, 0.3) is 0 Å². The number of halogens is 1. The number of hydrogen-bond acceptors (Lipinski definition) is 2. The van der Waals surface area contributed by atoms with Gasteiger partial charge in [0.2, 0.25) is 0 Å². The second-order valence-corrected chi connectivity index (χ2v) is 5.62. The third-order valence-corrected chi connectivity index (χ3v) is 4.35. The van der Waals surface area contributed by atoms with Crippen molar-refractivity contribution in [2.75, 3.05) is 18.0 Å². The average Bonchev–Trinajstić information content (AvgIpc) is 2.40. The van der Waals surface area contributed by atoms with Gasteiger partial charge in [0.1, 0.15) is 5.82 Å². The predicted molar refractivity (Wildman–Crippen MR) is 73.2 cm³/mol. The summed E-state index contributed by atoms with van der Waals surface area (Å²) in [6, 6.07) is 4.01. The lowest BCUT2D eigenvalue weighted by Crippen LogP contribution is -2.39. The highest BCUT2D eigenvalue weighted by Gasteiger charge is 2.29. The van der Waals surface area contributed by atoms with Crippen molar-refractivity contribution >= 4 is 11.7 Å². The van der Waals surface area contributed by atoms with Gasteiger partial charge in [-0.25, -0.2) is 9.18 Å². The maximum atomic E-state index is 13.2. The smallest absolute Gasteiger partial charge is 0.337 e. The van der Waals surface area contributed by atoms with Crippen molar-refractivity contribution in [2.45, 2.75) is 33.1 Å². The van der Waals surface area contributed by atoms with Crippen LogP contribution < -0.4 is 4.90 Å². The first-order chi connectivity index (χ1) is 8.95. The minimum absolute atomic E-state index is 0.0556. The van der Waals surface area contributed by atoms with Crippen LogP contribution in [0.4, 0.5) is 10.1 Å². The zero-order chi connectivity index (χ0) is 14.0. The first-order valence-corrected chi connectivity index (χ1v) is 6.73. The molecule has 0 unspecified atom stereocenters. The molecule has 1 aromatic rings. The maximum Gasteiger partial charge on any atom is 0.337 e. The number of hydrogen-bond donors (Lipinski definition) is 1. The van der Waals surface area contributed by atoms with Crippen molar-refractivity contribution in [3.05, 3.63) is 29.6 Å². The minimum Gasteiger partial charge on any atom is -0.478 e. The lowest BCUT2D eigenvalue weighted by molar-refractivity contribution is 0.0697. The van der Waals surface area contributed by atoms with E-state index in [1.807, 2.05) is 0 Å². The highest BCUT2D eigenvalue weighted by atomic mass is 19.1. The fourth-order valence-electron chi connectivity index (χ4n) is 2.60. The molecule has 1 aliphatic heterocycles. The summed E-state index contributed by atoms with van der Waals surface area (Å²) in [7, 11) is 0. The van der Waals surface area contributed by atoms with Gasteiger partial charge < -0.3 is 10.0 Å². The fraction of sp³-hybridized carbons (Fsp3) is 0.533. The lowest BCUT2D eigenvalue weighted by atomic mass is 9.78. The Morgan fingerprint density at radius 3 is 2.58 bits per heavy atom. The summed E-state index contributed by atoms with van der Waals surface area (Å²) >= 11 is 0. The Morgan fingerprint density at radius 1 is 1.42 bits per heavy atom. The molecule has 0 aromatic heterocycles. The number of rotatable bonds is 3. The molecule has 3 nitrogen and oxygen atoms in total. The van der Waals surface area contributed by atoms with Crippen LogP contribution in [0.2, 0.25) is 0 Å². The maximum absolute atomic E-state index is 13.2. The number of nitrogens with zero attached hydrogens (tertiary/aromatic N) is 1. The van der Waals surface area contributed by atoms with Gasteiger partial charge >= 0.3 is 5.97 Å². The van der Waals surface area contributed by atoms with Crippen LogP contribution in [0.3, 0.4) is 0 Å². The molecule has 0 spiro atoms. The van der Waals surface area contributed by atoms with Gasteiger partial charge in [-0.2, -0.15) is 0 Å². The average molecular weight is 265 g/mol. The van der Waals surface area contributed by atoms with E-state index in [1.165, 1.54) is 6.07 Å². The number of carbonyl (C=O) groups is 1. The number of piperidine rings is 1. The molecule has 19 heavy (non-hydrogen) atoms. The zero-order valence-electron chi connectivity index (χ0n) is 11.4. The Kier molecular flexibility index (Phi) is 3.78. The van der Waals surface area contributed by atoms with Crippen molar-refractivity contribution in [1.29, 1.82) is 0 Å². The van der Waals surface area contributed by atoms with Gasteiger partial charge in [0.15, 0.2) is 0 Å². The molecule has 0 radical (unpaired) electrons. The molecule has 1 fully saturated rings. The first kappa shape index (κ1) is 13.8. The minimum atomic E-state index is -1.07. The van der Waals surface area contributed by atoms with Crippen LogP contribution in [0, 0.1) is 11.2 Å². The zero-order valence-corrected chi connectivity index (χ0v) is 11.4. The van der Waals surface area contributed by atoms with Gasteiger partial charge in [0, 0.05) is 13.1 Å². The number of benzene rings is 1. The molecular formula is C15H20FNO2. The monoisotopic (exact) mass is 265 g/mol. The van der Waals surface area contributed by atoms with Crippen LogP contribution in [0.5, 0.6) is 0 Å². The molecule has 1 aromatic carbocycles. The second-order valence-electron chi connectivity index (χ2n) is 5.62. The lowest BCUT2D eigenvalue weighted by Gasteiger charge is -2.40. The van der Waals surface area contributed by atoms with Gasteiger partial charge in [-0.05, 0) is 36.5 Å². The Bertz CT molecular complexity index is 479. The highest BCUT2D eigenvalue weighted by molar-refractivity contribution is 5.94. The molecule has 1 N–H and O–H groups in total. The molecule has 0 bridgehead atoms. The number of carboxylic acid groups (broad SMARTS) is 1. The Labute approximate surface area is 113 Å². The van der Waals surface area contributed by atoms with E-state index >= 15 is 0 Å². The summed E-state index contributed by atoms with van der Waals surface area (Å²) in [5, 5.41) is 9.18. The molecule has 1 heterocycles. The summed E-state index contributed by atoms with van der Waals surface area (Å²) in [4.78, 5) is 13.3. The second kappa shape index (κ2) is 5.19. The van der Waals surface area contributed by atoms with Gasteiger partial charge in [-0.1, -0.05) is 20.3 Å². The summed E-state index contributed by atoms with van der Waals surface area (Å²) in [6.45, 7) is 6.12. The first-order valence-electron chi connectivity index (χ1n) is 6.73. The van der Waals surface area contributed by atoms with Crippen LogP contribution in [-0.4, -0.2) is 24.2 Å². The van der Waals surface area contributed by atoms with E-state index in [9.17, 15) is 14.3 Å². The largest absolute Gasteiger partial charge is 0.478 e. The van der Waals surface area contributed by atoms with Crippen LogP contribution >= 0.6 is 0 Å². The standard InChI is InChI=1S/C15H20FNO2/c1-3-15(2)6-8-17(9-7-15)13-5-4-11(16)10-12(13)14(18)19/h4-5,10H,3,6-9H2,1-2H3,(H,18,19). The van der Waals surface area contributed by atoms with Crippen LogP contribution in [-0.2, 0) is 0 Å². The summed E-state index contributed by atoms with van der Waals surface area (Å²) in [6.07, 6.45) is 3.22. The fourth-order valence-corrected chi connectivity index (χ4v) is 2.60. The van der Waals surface area contributed by atoms with Gasteiger partial charge in [-0.3, -0.25) is 0 Å². The van der Waals surface area contributed by atoms with Crippen molar-refractivity contribution in [2.24, 2.45) is 5.41 Å². The van der Waals surface area contributed by atoms with E-state index in [1.54, 1.807) is 6.07 Å². The third-order valence-electron chi connectivity index (χ3n) is 4.35. The molecule has 0 aliphatic carbocycles. The molecule has 0 amide bonds. The SMILES string of the molecule is CCC1(C)CCN(c2ccc(F)cc2C(=O)O)CC1. The van der Waals surface area contributed by atoms with E-state index in [-0.39, 0.29) is 5.56 Å². The topological polar surface area (TPSA) is 40.5 Å². The van der Waals surface area contributed by atoms with Crippen molar-refractivity contribution < 1.29 is 14.3 Å². The molecule has 0 saturated carbocycles. The third kappa shape index (κ3) is 2.88.